The number of anilines is 1. The van der Waals surface area contributed by atoms with Gasteiger partial charge in [0.05, 0.1) is 33.0 Å². The van der Waals surface area contributed by atoms with Crippen LogP contribution in [0.4, 0.5) is 10.5 Å². The number of ether oxygens (including phenoxy) is 3. The number of hydrogen-bond donors (Lipinski definition) is 2. The van der Waals surface area contributed by atoms with Gasteiger partial charge in [0.25, 0.3) is 0 Å². The maximum atomic E-state index is 12.3. The fourth-order valence-corrected chi connectivity index (χ4v) is 2.59. The molecule has 0 radical (unpaired) electrons. The van der Waals surface area contributed by atoms with Crippen LogP contribution in [0.25, 0.3) is 0 Å². The number of amides is 2. The third kappa shape index (κ3) is 4.87. The Kier molecular flexibility index (Phi) is 5.93. The lowest BCUT2D eigenvalue weighted by molar-refractivity contribution is 0.0575. The van der Waals surface area contributed by atoms with Crippen LogP contribution in [0.2, 0.25) is 0 Å². The number of benzene rings is 2. The Balaban J connectivity index is 1.59. The smallest absolute Gasteiger partial charge is 0.322 e. The van der Waals surface area contributed by atoms with Gasteiger partial charge in [0.2, 0.25) is 0 Å². The molecule has 2 N–H and O–H groups in total. The number of aliphatic hydroxyl groups is 1. The fraction of sp³-hybridized carbons (Fsp3) is 0.316. The molecular formula is C19H22N2O5. The van der Waals surface area contributed by atoms with Gasteiger partial charge in [-0.05, 0) is 36.4 Å². The summed E-state index contributed by atoms with van der Waals surface area (Å²) >= 11 is 0. The van der Waals surface area contributed by atoms with Gasteiger partial charge in [0.1, 0.15) is 17.2 Å². The first-order chi connectivity index (χ1) is 12.6. The Morgan fingerprint density at radius 3 is 2.73 bits per heavy atom. The third-order valence-electron chi connectivity index (χ3n) is 3.92. The van der Waals surface area contributed by atoms with Crippen molar-refractivity contribution >= 4 is 11.7 Å². The van der Waals surface area contributed by atoms with Crippen LogP contribution in [0, 0.1) is 0 Å². The molecule has 1 aliphatic heterocycles. The summed E-state index contributed by atoms with van der Waals surface area (Å²) in [7, 11) is 1.60. The van der Waals surface area contributed by atoms with Crippen molar-refractivity contribution in [2.75, 3.05) is 38.7 Å². The van der Waals surface area contributed by atoms with Crippen LogP contribution >= 0.6 is 0 Å². The van der Waals surface area contributed by atoms with Crippen molar-refractivity contribution in [3.8, 4) is 17.2 Å². The third-order valence-corrected chi connectivity index (χ3v) is 3.92. The van der Waals surface area contributed by atoms with E-state index in [2.05, 4.69) is 5.32 Å². The highest BCUT2D eigenvalue weighted by molar-refractivity contribution is 5.89. The van der Waals surface area contributed by atoms with E-state index in [1.807, 2.05) is 18.2 Å². The molecule has 0 saturated carbocycles. The highest BCUT2D eigenvalue weighted by atomic mass is 16.5. The van der Waals surface area contributed by atoms with Gasteiger partial charge >= 0.3 is 6.03 Å². The van der Waals surface area contributed by atoms with Gasteiger partial charge in [-0.1, -0.05) is 6.07 Å². The Hall–Kier alpha value is -2.77. The average molecular weight is 358 g/mol. The summed E-state index contributed by atoms with van der Waals surface area (Å²) in [4.78, 5) is 13.9. The second-order valence-corrected chi connectivity index (χ2v) is 5.91. The van der Waals surface area contributed by atoms with E-state index in [4.69, 9.17) is 14.2 Å². The highest BCUT2D eigenvalue weighted by Gasteiger charge is 2.20. The highest BCUT2D eigenvalue weighted by Crippen LogP contribution is 2.26. The zero-order valence-corrected chi connectivity index (χ0v) is 14.6. The summed E-state index contributed by atoms with van der Waals surface area (Å²) in [6.45, 7) is 1.36. The predicted molar refractivity (Wildman–Crippen MR) is 96.9 cm³/mol. The van der Waals surface area contributed by atoms with Gasteiger partial charge in [-0.3, -0.25) is 0 Å². The Morgan fingerprint density at radius 2 is 1.96 bits per heavy atom. The molecule has 138 valence electrons. The maximum absolute atomic E-state index is 12.3. The van der Waals surface area contributed by atoms with Gasteiger partial charge in [0.15, 0.2) is 0 Å². The van der Waals surface area contributed by atoms with E-state index in [-0.39, 0.29) is 19.2 Å². The molecular weight excluding hydrogens is 336 g/mol. The number of nitrogens with one attached hydrogen (secondary N) is 1. The van der Waals surface area contributed by atoms with E-state index in [0.29, 0.717) is 30.3 Å². The molecule has 0 spiro atoms. The number of carbonyl (C=O) groups is 1. The zero-order valence-electron chi connectivity index (χ0n) is 14.6. The molecule has 3 rings (SSSR count). The van der Waals surface area contributed by atoms with Crippen molar-refractivity contribution in [1.29, 1.82) is 0 Å². The minimum atomic E-state index is -0.665. The first kappa shape index (κ1) is 18.0. The number of carbonyl (C=O) groups excluding carboxylic acids is 1. The summed E-state index contributed by atoms with van der Waals surface area (Å²) in [6, 6.07) is 14.1. The van der Waals surface area contributed by atoms with E-state index >= 15 is 0 Å². The molecule has 1 atom stereocenters. The second kappa shape index (κ2) is 8.55. The van der Waals surface area contributed by atoms with Crippen molar-refractivity contribution < 1.29 is 24.1 Å². The van der Waals surface area contributed by atoms with Crippen molar-refractivity contribution in [2.24, 2.45) is 0 Å². The molecule has 1 aliphatic rings. The van der Waals surface area contributed by atoms with Crippen LogP contribution in [0.1, 0.15) is 0 Å². The quantitative estimate of drug-likeness (QED) is 0.878. The lowest BCUT2D eigenvalue weighted by Gasteiger charge is -2.21. The topological polar surface area (TPSA) is 80.3 Å². The van der Waals surface area contributed by atoms with Crippen LogP contribution in [-0.2, 0) is 4.74 Å². The molecule has 2 aromatic carbocycles. The standard InChI is InChI=1S/C19H22N2O5/c1-24-17-3-2-4-18(11-17)26-16-7-5-14(6-8-16)20-19(23)21-9-10-25-13-15(22)12-21/h2-8,11,15,22H,9-10,12-13H2,1H3,(H,20,23)/t15-/m0/s1. The Bertz CT molecular complexity index is 735. The summed E-state index contributed by atoms with van der Waals surface area (Å²) in [5, 5.41) is 12.5. The molecule has 7 nitrogen and oxygen atoms in total. The van der Waals surface area contributed by atoms with E-state index in [0.717, 1.165) is 5.75 Å². The van der Waals surface area contributed by atoms with E-state index in [1.54, 1.807) is 42.3 Å². The van der Waals surface area contributed by atoms with Crippen LogP contribution in [-0.4, -0.2) is 55.6 Å². The first-order valence-electron chi connectivity index (χ1n) is 8.38. The van der Waals surface area contributed by atoms with Crippen LogP contribution in [0.3, 0.4) is 0 Å². The zero-order chi connectivity index (χ0) is 18.4. The Labute approximate surface area is 152 Å². The van der Waals surface area contributed by atoms with Crippen LogP contribution in [0.15, 0.2) is 48.5 Å². The van der Waals surface area contributed by atoms with Gasteiger partial charge < -0.3 is 29.5 Å². The van der Waals surface area contributed by atoms with E-state index in [9.17, 15) is 9.90 Å². The van der Waals surface area contributed by atoms with E-state index < -0.39 is 6.10 Å². The minimum absolute atomic E-state index is 0.250. The Morgan fingerprint density at radius 1 is 1.19 bits per heavy atom. The number of urea groups is 1. The fourth-order valence-electron chi connectivity index (χ4n) is 2.59. The summed E-state index contributed by atoms with van der Waals surface area (Å²) < 4.78 is 16.2. The number of β-amino-alcohol motifs (C(OH)–C–C–N with tert-alkyl or cyclic N) is 1. The molecule has 7 heteroatoms. The van der Waals surface area contributed by atoms with Gasteiger partial charge in [0, 0.05) is 18.3 Å². The number of methoxy groups -OCH3 is 1. The van der Waals surface area contributed by atoms with Crippen LogP contribution < -0.4 is 14.8 Å². The van der Waals surface area contributed by atoms with Crippen molar-refractivity contribution in [1.82, 2.24) is 4.90 Å². The number of hydrogen-bond acceptors (Lipinski definition) is 5. The summed E-state index contributed by atoms with van der Waals surface area (Å²) in [6.07, 6.45) is -0.665. The largest absolute Gasteiger partial charge is 0.497 e. The lowest BCUT2D eigenvalue weighted by Crippen LogP contribution is -2.40. The minimum Gasteiger partial charge on any atom is -0.497 e. The van der Waals surface area contributed by atoms with Crippen molar-refractivity contribution in [2.45, 2.75) is 6.10 Å². The summed E-state index contributed by atoms with van der Waals surface area (Å²) in [5.41, 5.74) is 0.646. The van der Waals surface area contributed by atoms with Crippen LogP contribution in [0.5, 0.6) is 17.2 Å². The normalized spacial score (nSPS) is 17.3. The molecule has 0 unspecified atom stereocenters. The first-order valence-corrected chi connectivity index (χ1v) is 8.38. The number of nitrogens with zero attached hydrogens (tertiary/aromatic N) is 1. The molecule has 0 aromatic heterocycles. The van der Waals surface area contributed by atoms with E-state index in [1.165, 1.54) is 0 Å². The maximum Gasteiger partial charge on any atom is 0.322 e. The molecule has 2 aromatic rings. The average Bonchev–Trinajstić information content (AvgIpc) is 2.88. The molecule has 1 saturated heterocycles. The molecule has 0 aliphatic carbocycles. The number of aliphatic hydroxyl groups excluding tert-OH is 1. The predicted octanol–water partition coefficient (Wildman–Crippen LogP) is 2.71. The van der Waals surface area contributed by atoms with Gasteiger partial charge in [-0.15, -0.1) is 0 Å². The van der Waals surface area contributed by atoms with Crippen molar-refractivity contribution in [3.05, 3.63) is 48.5 Å². The SMILES string of the molecule is COc1cccc(Oc2ccc(NC(=O)N3CCOC[C@@H](O)C3)cc2)c1. The second-order valence-electron chi connectivity index (χ2n) is 5.91. The van der Waals surface area contributed by atoms with Crippen molar-refractivity contribution in [3.63, 3.8) is 0 Å². The summed E-state index contributed by atoms with van der Waals surface area (Å²) in [5.74, 6) is 2.03. The lowest BCUT2D eigenvalue weighted by atomic mass is 10.3. The monoisotopic (exact) mass is 358 g/mol. The molecule has 1 heterocycles. The van der Waals surface area contributed by atoms with Gasteiger partial charge in [-0.2, -0.15) is 0 Å². The molecule has 1 fully saturated rings. The molecule has 0 bridgehead atoms. The molecule has 2 amide bonds. The van der Waals surface area contributed by atoms with Gasteiger partial charge in [-0.25, -0.2) is 4.79 Å². The number of rotatable bonds is 4. The molecule has 26 heavy (non-hydrogen) atoms.